The van der Waals surface area contributed by atoms with Crippen molar-refractivity contribution < 1.29 is 14.3 Å². The summed E-state index contributed by atoms with van der Waals surface area (Å²) in [7, 11) is 0. The summed E-state index contributed by atoms with van der Waals surface area (Å²) < 4.78 is 11.6. The van der Waals surface area contributed by atoms with Gasteiger partial charge in [-0.1, -0.05) is 42.5 Å². The van der Waals surface area contributed by atoms with Crippen molar-refractivity contribution in [1.29, 1.82) is 0 Å². The zero-order valence-electron chi connectivity index (χ0n) is 16.4. The molecule has 0 aliphatic heterocycles. The number of hydrogen-bond donors (Lipinski definition) is 1. The molecule has 4 heteroatoms. The first-order chi connectivity index (χ1) is 13.5. The Hall–Kier alpha value is -3.27. The van der Waals surface area contributed by atoms with Gasteiger partial charge in [-0.25, -0.2) is 0 Å². The maximum absolute atomic E-state index is 12.4. The average Bonchev–Trinajstić information content (AvgIpc) is 2.71. The van der Waals surface area contributed by atoms with E-state index in [4.69, 9.17) is 9.47 Å². The number of ether oxygens (including phenoxy) is 2. The molecule has 3 rings (SSSR count). The molecule has 28 heavy (non-hydrogen) atoms. The highest BCUT2D eigenvalue weighted by Crippen LogP contribution is 2.21. The molecule has 0 radical (unpaired) electrons. The second-order valence-electron chi connectivity index (χ2n) is 6.82. The van der Waals surface area contributed by atoms with Crippen molar-refractivity contribution in [3.05, 3.63) is 89.5 Å². The average molecular weight is 375 g/mol. The minimum atomic E-state index is -0.602. The summed E-state index contributed by atoms with van der Waals surface area (Å²) in [4.78, 5) is 12.4. The highest BCUT2D eigenvalue weighted by Gasteiger charge is 2.16. The zero-order valence-corrected chi connectivity index (χ0v) is 16.4. The molecule has 4 nitrogen and oxygen atoms in total. The highest BCUT2D eigenvalue weighted by molar-refractivity contribution is 5.94. The Balaban J connectivity index is 1.54. The van der Waals surface area contributed by atoms with Gasteiger partial charge in [0, 0.05) is 5.69 Å². The fourth-order valence-electron chi connectivity index (χ4n) is 2.70. The SMILES string of the molecule is Cc1ccc(C)c(OC(C)C(=O)Nc2ccc(OCc3ccccc3)cc2)c1. The Morgan fingerprint density at radius 3 is 2.39 bits per heavy atom. The molecule has 3 aromatic rings. The van der Waals surface area contributed by atoms with E-state index in [0.717, 1.165) is 28.2 Å². The number of carbonyl (C=O) groups is 1. The molecule has 1 unspecified atom stereocenters. The molecule has 3 aromatic carbocycles. The first kappa shape index (κ1) is 19.5. The van der Waals surface area contributed by atoms with Gasteiger partial charge in [-0.15, -0.1) is 0 Å². The number of nitrogens with one attached hydrogen (secondary N) is 1. The third-order valence-electron chi connectivity index (χ3n) is 4.39. The molecule has 0 heterocycles. The molecular weight excluding hydrogens is 350 g/mol. The molecule has 0 aliphatic carbocycles. The van der Waals surface area contributed by atoms with Gasteiger partial charge in [0.15, 0.2) is 6.10 Å². The minimum Gasteiger partial charge on any atom is -0.489 e. The van der Waals surface area contributed by atoms with Crippen LogP contribution in [0.2, 0.25) is 0 Å². The lowest BCUT2D eigenvalue weighted by molar-refractivity contribution is -0.122. The fraction of sp³-hybridized carbons (Fsp3) is 0.208. The second-order valence-corrected chi connectivity index (χ2v) is 6.82. The van der Waals surface area contributed by atoms with Gasteiger partial charge in [-0.05, 0) is 67.8 Å². The number of amides is 1. The maximum Gasteiger partial charge on any atom is 0.265 e. The Bertz CT molecular complexity index is 920. The number of anilines is 1. The van der Waals surface area contributed by atoms with E-state index in [1.165, 1.54) is 0 Å². The van der Waals surface area contributed by atoms with Crippen LogP contribution in [0.25, 0.3) is 0 Å². The molecule has 0 spiro atoms. The Morgan fingerprint density at radius 1 is 0.964 bits per heavy atom. The Morgan fingerprint density at radius 2 is 1.68 bits per heavy atom. The molecule has 0 bridgehead atoms. The van der Waals surface area contributed by atoms with Crippen molar-refractivity contribution >= 4 is 11.6 Å². The van der Waals surface area contributed by atoms with Crippen LogP contribution in [-0.2, 0) is 11.4 Å². The van der Waals surface area contributed by atoms with E-state index in [0.29, 0.717) is 12.3 Å². The molecule has 0 saturated carbocycles. The molecule has 0 aromatic heterocycles. The van der Waals surface area contributed by atoms with Gasteiger partial charge < -0.3 is 14.8 Å². The molecule has 1 atom stereocenters. The molecular formula is C24H25NO3. The van der Waals surface area contributed by atoms with Gasteiger partial charge >= 0.3 is 0 Å². The van der Waals surface area contributed by atoms with Crippen LogP contribution < -0.4 is 14.8 Å². The van der Waals surface area contributed by atoms with Gasteiger partial charge in [-0.3, -0.25) is 4.79 Å². The third-order valence-corrected chi connectivity index (χ3v) is 4.39. The lowest BCUT2D eigenvalue weighted by Crippen LogP contribution is -2.30. The molecule has 0 aliphatic rings. The van der Waals surface area contributed by atoms with E-state index >= 15 is 0 Å². The Labute approximate surface area is 166 Å². The van der Waals surface area contributed by atoms with Gasteiger partial charge in [-0.2, -0.15) is 0 Å². The van der Waals surface area contributed by atoms with Crippen LogP contribution in [0.5, 0.6) is 11.5 Å². The summed E-state index contributed by atoms with van der Waals surface area (Å²) >= 11 is 0. The lowest BCUT2D eigenvalue weighted by Gasteiger charge is -2.17. The molecule has 0 fully saturated rings. The minimum absolute atomic E-state index is 0.195. The number of aryl methyl sites for hydroxylation is 2. The maximum atomic E-state index is 12.4. The van der Waals surface area contributed by atoms with Crippen molar-refractivity contribution in [1.82, 2.24) is 0 Å². The molecule has 1 N–H and O–H groups in total. The summed E-state index contributed by atoms with van der Waals surface area (Å²) in [6.45, 7) is 6.22. The van der Waals surface area contributed by atoms with Crippen LogP contribution in [0.3, 0.4) is 0 Å². The monoisotopic (exact) mass is 375 g/mol. The van der Waals surface area contributed by atoms with Crippen LogP contribution in [-0.4, -0.2) is 12.0 Å². The summed E-state index contributed by atoms with van der Waals surface area (Å²) in [5.41, 5.74) is 3.91. The van der Waals surface area contributed by atoms with Gasteiger partial charge in [0.25, 0.3) is 5.91 Å². The van der Waals surface area contributed by atoms with Crippen LogP contribution in [0, 0.1) is 13.8 Å². The first-order valence-electron chi connectivity index (χ1n) is 9.33. The first-order valence-corrected chi connectivity index (χ1v) is 9.33. The Kier molecular flexibility index (Phi) is 6.33. The predicted molar refractivity (Wildman–Crippen MR) is 112 cm³/mol. The van der Waals surface area contributed by atoms with E-state index in [9.17, 15) is 4.79 Å². The van der Waals surface area contributed by atoms with E-state index in [2.05, 4.69) is 5.32 Å². The zero-order chi connectivity index (χ0) is 19.9. The van der Waals surface area contributed by atoms with Crippen LogP contribution >= 0.6 is 0 Å². The van der Waals surface area contributed by atoms with Crippen molar-refractivity contribution in [2.45, 2.75) is 33.5 Å². The van der Waals surface area contributed by atoms with E-state index in [-0.39, 0.29) is 5.91 Å². The number of carbonyl (C=O) groups excluding carboxylic acids is 1. The third kappa shape index (κ3) is 5.36. The normalized spacial score (nSPS) is 11.5. The summed E-state index contributed by atoms with van der Waals surface area (Å²) in [5.74, 6) is 1.28. The second kappa shape index (κ2) is 9.09. The van der Waals surface area contributed by atoms with Crippen LogP contribution in [0.4, 0.5) is 5.69 Å². The largest absolute Gasteiger partial charge is 0.489 e. The fourth-order valence-corrected chi connectivity index (χ4v) is 2.70. The predicted octanol–water partition coefficient (Wildman–Crippen LogP) is 5.29. The standard InChI is InChI=1S/C24H25NO3/c1-17-9-10-18(2)23(15-17)28-19(3)24(26)25-21-11-13-22(14-12-21)27-16-20-7-5-4-6-8-20/h4-15,19H,16H2,1-3H3,(H,25,26). The van der Waals surface area contributed by atoms with Crippen molar-refractivity contribution in [3.8, 4) is 11.5 Å². The van der Waals surface area contributed by atoms with E-state index < -0.39 is 6.10 Å². The smallest absolute Gasteiger partial charge is 0.265 e. The molecule has 144 valence electrons. The number of benzene rings is 3. The van der Waals surface area contributed by atoms with Crippen LogP contribution in [0.15, 0.2) is 72.8 Å². The van der Waals surface area contributed by atoms with Gasteiger partial charge in [0.2, 0.25) is 0 Å². The summed E-state index contributed by atoms with van der Waals surface area (Å²) in [5, 5.41) is 2.88. The topological polar surface area (TPSA) is 47.6 Å². The van der Waals surface area contributed by atoms with Crippen molar-refractivity contribution in [3.63, 3.8) is 0 Å². The van der Waals surface area contributed by atoms with E-state index in [1.54, 1.807) is 6.92 Å². The molecule has 1 amide bonds. The van der Waals surface area contributed by atoms with Crippen LogP contribution in [0.1, 0.15) is 23.6 Å². The van der Waals surface area contributed by atoms with Crippen molar-refractivity contribution in [2.75, 3.05) is 5.32 Å². The van der Waals surface area contributed by atoms with Gasteiger partial charge in [0.1, 0.15) is 18.1 Å². The summed E-state index contributed by atoms with van der Waals surface area (Å²) in [6.07, 6.45) is -0.602. The quantitative estimate of drug-likeness (QED) is 0.610. The lowest BCUT2D eigenvalue weighted by atomic mass is 10.1. The van der Waals surface area contributed by atoms with Crippen molar-refractivity contribution in [2.24, 2.45) is 0 Å². The summed E-state index contributed by atoms with van der Waals surface area (Å²) in [6, 6.07) is 23.3. The molecule has 0 saturated heterocycles. The van der Waals surface area contributed by atoms with E-state index in [1.807, 2.05) is 86.6 Å². The van der Waals surface area contributed by atoms with Gasteiger partial charge in [0.05, 0.1) is 0 Å². The number of rotatable bonds is 7. The highest BCUT2D eigenvalue weighted by atomic mass is 16.5. The number of hydrogen-bond acceptors (Lipinski definition) is 3.